The molecular weight excluding hydrogens is 560 g/mol. The largest absolute Gasteiger partial charge is 0.511 e. The summed E-state index contributed by atoms with van der Waals surface area (Å²) in [6, 6.07) is 15.9. The standard InChI is InChI=1S/C33H40N6O5/c1-6-20-39(5)30(24-18-16-23(17-19-24)26-14-10-11-15-27(26)31-34-37-38-35-31)28(29(36-39)21(2)3)32(40)42-22(4)43-33(41)44-25-12-8-7-9-13-25/h10-11,14-19,21-22,25H,6-9,12-13,20H2,1-5H3/p+1. The summed E-state index contributed by atoms with van der Waals surface area (Å²) in [5.74, 6) is -0.123. The van der Waals surface area contributed by atoms with Crippen molar-refractivity contribution in [1.82, 2.24) is 20.6 Å². The van der Waals surface area contributed by atoms with Gasteiger partial charge >= 0.3 is 12.1 Å². The lowest BCUT2D eigenvalue weighted by atomic mass is 9.94. The molecule has 2 heterocycles. The van der Waals surface area contributed by atoms with Crippen molar-refractivity contribution < 1.29 is 28.4 Å². The predicted molar refractivity (Wildman–Crippen MR) is 166 cm³/mol. The highest BCUT2D eigenvalue weighted by Crippen LogP contribution is 2.40. The van der Waals surface area contributed by atoms with Crippen LogP contribution in [-0.2, 0) is 19.0 Å². The fraction of sp³-hybridized carbons (Fsp3) is 0.455. The molecule has 1 N–H and O–H groups in total. The van der Waals surface area contributed by atoms with Crippen molar-refractivity contribution in [3.05, 3.63) is 59.7 Å². The molecule has 11 heteroatoms. The van der Waals surface area contributed by atoms with E-state index in [4.69, 9.17) is 19.3 Å². The smallest absolute Gasteiger partial charge is 0.431 e. The molecule has 2 unspecified atom stereocenters. The molecule has 44 heavy (non-hydrogen) atoms. The van der Waals surface area contributed by atoms with E-state index in [0.717, 1.165) is 66.5 Å². The minimum absolute atomic E-state index is 0.0436. The molecule has 1 aliphatic heterocycles. The average molecular weight is 602 g/mol. The lowest BCUT2D eigenvalue weighted by molar-refractivity contribution is -0.844. The normalized spacial score (nSPS) is 19.5. The maximum atomic E-state index is 13.9. The summed E-state index contributed by atoms with van der Waals surface area (Å²) in [4.78, 5) is 26.3. The van der Waals surface area contributed by atoms with Crippen LogP contribution in [0.2, 0.25) is 0 Å². The van der Waals surface area contributed by atoms with Gasteiger partial charge in [-0.05, 0) is 60.6 Å². The van der Waals surface area contributed by atoms with E-state index in [1.807, 2.05) is 69.4 Å². The van der Waals surface area contributed by atoms with Crippen LogP contribution >= 0.6 is 0 Å². The van der Waals surface area contributed by atoms with Crippen molar-refractivity contribution in [2.75, 3.05) is 13.6 Å². The Bertz CT molecular complexity index is 1530. The van der Waals surface area contributed by atoms with Gasteiger partial charge in [0.05, 0.1) is 7.05 Å². The lowest BCUT2D eigenvalue weighted by Crippen LogP contribution is -2.36. The van der Waals surface area contributed by atoms with Crippen LogP contribution in [0.25, 0.3) is 28.2 Å². The number of ether oxygens (including phenoxy) is 3. The zero-order valence-corrected chi connectivity index (χ0v) is 26.1. The number of hydrogen-bond donors (Lipinski definition) is 1. The molecule has 1 fully saturated rings. The monoisotopic (exact) mass is 601 g/mol. The second-order valence-corrected chi connectivity index (χ2v) is 11.8. The first-order valence-electron chi connectivity index (χ1n) is 15.4. The summed E-state index contributed by atoms with van der Waals surface area (Å²) >= 11 is 0. The van der Waals surface area contributed by atoms with Crippen molar-refractivity contribution >= 4 is 23.5 Å². The number of carbonyl (C=O) groups is 2. The van der Waals surface area contributed by atoms with Crippen LogP contribution in [-0.4, -0.2) is 69.0 Å². The highest BCUT2D eigenvalue weighted by Gasteiger charge is 2.45. The van der Waals surface area contributed by atoms with Gasteiger partial charge in [0.2, 0.25) is 12.1 Å². The number of rotatable bonds is 10. The van der Waals surface area contributed by atoms with Gasteiger partial charge in [-0.15, -0.1) is 10.2 Å². The molecule has 2 aromatic carbocycles. The Labute approximate surface area is 257 Å². The van der Waals surface area contributed by atoms with Gasteiger partial charge in [-0.25, -0.2) is 9.59 Å². The molecule has 2 aliphatic rings. The Morgan fingerprint density at radius 1 is 0.955 bits per heavy atom. The fourth-order valence-electron chi connectivity index (χ4n) is 6.05. The van der Waals surface area contributed by atoms with Crippen molar-refractivity contribution in [2.45, 2.75) is 78.6 Å². The third-order valence-corrected chi connectivity index (χ3v) is 8.05. The van der Waals surface area contributed by atoms with Crippen molar-refractivity contribution in [3.63, 3.8) is 0 Å². The minimum Gasteiger partial charge on any atom is -0.431 e. The van der Waals surface area contributed by atoms with E-state index >= 15 is 0 Å². The first kappa shape index (κ1) is 31.1. The molecule has 1 aliphatic carbocycles. The Morgan fingerprint density at radius 2 is 1.64 bits per heavy atom. The number of benzene rings is 2. The average Bonchev–Trinajstić information content (AvgIpc) is 3.65. The van der Waals surface area contributed by atoms with Crippen molar-refractivity contribution in [1.29, 1.82) is 0 Å². The van der Waals surface area contributed by atoms with Crippen LogP contribution in [0.5, 0.6) is 0 Å². The van der Waals surface area contributed by atoms with Crippen molar-refractivity contribution in [3.8, 4) is 22.5 Å². The van der Waals surface area contributed by atoms with Crippen LogP contribution in [0.4, 0.5) is 4.79 Å². The van der Waals surface area contributed by atoms with Gasteiger partial charge in [-0.3, -0.25) is 0 Å². The van der Waals surface area contributed by atoms with Gasteiger partial charge in [-0.2, -0.15) is 9.81 Å². The highest BCUT2D eigenvalue weighted by atomic mass is 16.8. The SMILES string of the molecule is CCC[N+]1(C)N=C(C(C)C)C(C(=O)OC(C)OC(=O)OC2CCCCC2)=C1c1ccc(-c2ccccc2-c2nn[nH]n2)cc1. The number of carbonyl (C=O) groups excluding carboxylic acids is 2. The van der Waals surface area contributed by atoms with E-state index in [1.165, 1.54) is 6.92 Å². The molecule has 0 amide bonds. The third kappa shape index (κ3) is 6.72. The second kappa shape index (κ2) is 13.5. The molecule has 3 aromatic rings. The zero-order valence-electron chi connectivity index (χ0n) is 26.1. The molecule has 2 atom stereocenters. The summed E-state index contributed by atoms with van der Waals surface area (Å²) in [6.45, 7) is 8.31. The summed E-state index contributed by atoms with van der Waals surface area (Å²) in [5, 5.41) is 19.6. The summed E-state index contributed by atoms with van der Waals surface area (Å²) in [5.41, 5.74) is 5.42. The van der Waals surface area contributed by atoms with E-state index in [1.54, 1.807) is 0 Å². The number of H-pyrrole nitrogens is 1. The highest BCUT2D eigenvalue weighted by molar-refractivity contribution is 6.25. The maximum Gasteiger partial charge on any atom is 0.511 e. The molecule has 0 radical (unpaired) electrons. The Kier molecular flexibility index (Phi) is 9.53. The van der Waals surface area contributed by atoms with Crippen LogP contribution < -0.4 is 0 Å². The van der Waals surface area contributed by atoms with E-state index in [2.05, 4.69) is 27.5 Å². The molecule has 0 spiro atoms. The van der Waals surface area contributed by atoms with Gasteiger partial charge in [0.1, 0.15) is 18.4 Å². The maximum absolute atomic E-state index is 13.9. The number of nitrogens with one attached hydrogen (secondary N) is 1. The first-order valence-corrected chi connectivity index (χ1v) is 15.4. The molecule has 232 valence electrons. The molecule has 1 aromatic heterocycles. The molecular formula is C33H41N6O5+. The summed E-state index contributed by atoms with van der Waals surface area (Å²) in [6.07, 6.45) is 3.58. The Hall–Kier alpha value is -4.38. The number of esters is 1. The van der Waals surface area contributed by atoms with Crippen LogP contribution in [0.3, 0.4) is 0 Å². The summed E-state index contributed by atoms with van der Waals surface area (Å²) in [7, 11) is 2.00. The van der Waals surface area contributed by atoms with E-state index in [-0.39, 0.29) is 16.6 Å². The fourth-order valence-corrected chi connectivity index (χ4v) is 6.05. The quantitative estimate of drug-likeness (QED) is 0.158. The van der Waals surface area contributed by atoms with Gasteiger partial charge in [0.25, 0.3) is 0 Å². The number of tetrazole rings is 1. The van der Waals surface area contributed by atoms with Gasteiger partial charge in [0.15, 0.2) is 11.3 Å². The van der Waals surface area contributed by atoms with Gasteiger partial charge < -0.3 is 14.2 Å². The summed E-state index contributed by atoms with van der Waals surface area (Å²) < 4.78 is 16.7. The Morgan fingerprint density at radius 3 is 2.27 bits per heavy atom. The number of hydrogen-bond acceptors (Lipinski definition) is 9. The molecule has 1 saturated carbocycles. The van der Waals surface area contributed by atoms with Gasteiger partial charge in [0, 0.05) is 24.0 Å². The second-order valence-electron chi connectivity index (χ2n) is 11.8. The topological polar surface area (TPSA) is 129 Å². The van der Waals surface area contributed by atoms with Crippen LogP contribution in [0.15, 0.2) is 59.2 Å². The van der Waals surface area contributed by atoms with Crippen LogP contribution in [0.1, 0.15) is 71.8 Å². The van der Waals surface area contributed by atoms with Crippen molar-refractivity contribution in [2.24, 2.45) is 11.0 Å². The Balaban J connectivity index is 1.45. The molecule has 0 saturated heterocycles. The number of nitrogens with zero attached hydrogens (tertiary/aromatic N) is 5. The first-order chi connectivity index (χ1) is 21.2. The van der Waals surface area contributed by atoms with Crippen LogP contribution in [0, 0.1) is 5.92 Å². The molecule has 5 rings (SSSR count). The number of aromatic nitrogens is 4. The van der Waals surface area contributed by atoms with Gasteiger partial charge in [-0.1, -0.05) is 68.7 Å². The number of quaternary nitrogens is 1. The zero-order chi connectivity index (χ0) is 31.3. The minimum atomic E-state index is -1.13. The lowest BCUT2D eigenvalue weighted by Gasteiger charge is -2.26. The molecule has 11 nitrogen and oxygen atoms in total. The van der Waals surface area contributed by atoms with E-state index < -0.39 is 18.4 Å². The number of aromatic amines is 1. The van der Waals surface area contributed by atoms with E-state index in [9.17, 15) is 9.59 Å². The van der Waals surface area contributed by atoms with E-state index in [0.29, 0.717) is 23.7 Å². The predicted octanol–water partition coefficient (Wildman–Crippen LogP) is 6.50. The molecule has 0 bridgehead atoms. The third-order valence-electron chi connectivity index (χ3n) is 8.05.